The number of carbonyl (C=O) groups excluding carboxylic acids is 1. The third kappa shape index (κ3) is 4.82. The number of methoxy groups -OCH3 is 1. The van der Waals surface area contributed by atoms with Crippen LogP contribution in [0.5, 0.6) is 11.5 Å². The summed E-state index contributed by atoms with van der Waals surface area (Å²) < 4.78 is 39.5. The molecule has 7 nitrogen and oxygen atoms in total. The zero-order chi connectivity index (χ0) is 21.0. The van der Waals surface area contributed by atoms with E-state index in [2.05, 4.69) is 4.72 Å². The monoisotopic (exact) mass is 418 g/mol. The van der Waals surface area contributed by atoms with E-state index < -0.39 is 10.0 Å². The fraction of sp³-hybridized carbons (Fsp3) is 0.381. The molecular formula is C21H26N2O5S. The van der Waals surface area contributed by atoms with Gasteiger partial charge in [-0.1, -0.05) is 12.1 Å². The van der Waals surface area contributed by atoms with Gasteiger partial charge in [-0.2, -0.15) is 0 Å². The Morgan fingerprint density at radius 3 is 2.41 bits per heavy atom. The highest BCUT2D eigenvalue weighted by Crippen LogP contribution is 2.30. The van der Waals surface area contributed by atoms with Crippen LogP contribution in [0, 0.1) is 0 Å². The van der Waals surface area contributed by atoms with Gasteiger partial charge in [0.25, 0.3) is 15.9 Å². The third-order valence-electron chi connectivity index (χ3n) is 4.60. The SMILES string of the molecule is COc1ccc(S(=O)(=O)Nc2ccccc2OC(C)C)cc1C(=O)N1CCCC1. The van der Waals surface area contributed by atoms with Crippen LogP contribution < -0.4 is 14.2 Å². The van der Waals surface area contributed by atoms with E-state index in [-0.39, 0.29) is 22.5 Å². The lowest BCUT2D eigenvalue weighted by molar-refractivity contribution is 0.0789. The van der Waals surface area contributed by atoms with Crippen molar-refractivity contribution in [3.05, 3.63) is 48.0 Å². The van der Waals surface area contributed by atoms with Crippen molar-refractivity contribution >= 4 is 21.6 Å². The minimum atomic E-state index is -3.93. The van der Waals surface area contributed by atoms with Crippen molar-refractivity contribution < 1.29 is 22.7 Å². The molecular weight excluding hydrogens is 392 g/mol. The Morgan fingerprint density at radius 2 is 1.76 bits per heavy atom. The van der Waals surface area contributed by atoms with E-state index in [0.717, 1.165) is 12.8 Å². The Morgan fingerprint density at radius 1 is 1.07 bits per heavy atom. The number of anilines is 1. The molecule has 1 heterocycles. The Kier molecular flexibility index (Phi) is 6.32. The smallest absolute Gasteiger partial charge is 0.262 e. The van der Waals surface area contributed by atoms with Crippen molar-refractivity contribution in [2.45, 2.75) is 37.7 Å². The maximum absolute atomic E-state index is 13.0. The standard InChI is InChI=1S/C21H26N2O5S/c1-15(2)28-20-9-5-4-8-18(20)22-29(25,26)16-10-11-19(27-3)17(14-16)21(24)23-12-6-7-13-23/h4-5,8-11,14-15,22H,6-7,12-13H2,1-3H3. The van der Waals surface area contributed by atoms with Crippen molar-refractivity contribution in [1.82, 2.24) is 4.90 Å². The molecule has 156 valence electrons. The quantitative estimate of drug-likeness (QED) is 0.744. The van der Waals surface area contributed by atoms with E-state index in [0.29, 0.717) is 30.3 Å². The predicted octanol–water partition coefficient (Wildman–Crippen LogP) is 3.52. The summed E-state index contributed by atoms with van der Waals surface area (Å²) >= 11 is 0. The molecule has 0 aliphatic carbocycles. The first kappa shape index (κ1) is 21.0. The van der Waals surface area contributed by atoms with Crippen LogP contribution in [-0.2, 0) is 10.0 Å². The minimum Gasteiger partial charge on any atom is -0.496 e. The van der Waals surface area contributed by atoms with E-state index in [1.54, 1.807) is 29.2 Å². The molecule has 29 heavy (non-hydrogen) atoms. The third-order valence-corrected chi connectivity index (χ3v) is 5.96. The van der Waals surface area contributed by atoms with Crippen molar-refractivity contribution in [1.29, 1.82) is 0 Å². The largest absolute Gasteiger partial charge is 0.496 e. The highest BCUT2D eigenvalue weighted by molar-refractivity contribution is 7.92. The molecule has 0 unspecified atom stereocenters. The van der Waals surface area contributed by atoms with Crippen LogP contribution in [0.1, 0.15) is 37.0 Å². The minimum absolute atomic E-state index is 0.0137. The second kappa shape index (κ2) is 8.73. The fourth-order valence-electron chi connectivity index (χ4n) is 3.22. The van der Waals surface area contributed by atoms with Crippen LogP contribution in [0.15, 0.2) is 47.4 Å². The maximum Gasteiger partial charge on any atom is 0.262 e. The molecule has 1 aliphatic rings. The summed E-state index contributed by atoms with van der Waals surface area (Å²) in [6.45, 7) is 5.06. The van der Waals surface area contributed by atoms with Gasteiger partial charge in [-0.3, -0.25) is 9.52 Å². The number of para-hydroxylation sites is 2. The van der Waals surface area contributed by atoms with Gasteiger partial charge in [0.05, 0.1) is 29.4 Å². The van der Waals surface area contributed by atoms with Gasteiger partial charge < -0.3 is 14.4 Å². The van der Waals surface area contributed by atoms with Gasteiger partial charge in [-0.25, -0.2) is 8.42 Å². The normalized spacial score (nSPS) is 14.1. The van der Waals surface area contributed by atoms with Crippen molar-refractivity contribution in [2.75, 3.05) is 24.9 Å². The first-order valence-corrected chi connectivity index (χ1v) is 11.1. The van der Waals surface area contributed by atoms with Crippen LogP contribution in [0.4, 0.5) is 5.69 Å². The summed E-state index contributed by atoms with van der Waals surface area (Å²) in [5, 5.41) is 0. The summed E-state index contributed by atoms with van der Waals surface area (Å²) in [4.78, 5) is 14.6. The highest BCUT2D eigenvalue weighted by atomic mass is 32.2. The second-order valence-corrected chi connectivity index (χ2v) is 8.81. The number of benzene rings is 2. The van der Waals surface area contributed by atoms with E-state index in [9.17, 15) is 13.2 Å². The summed E-state index contributed by atoms with van der Waals surface area (Å²) in [6.07, 6.45) is 1.78. The molecule has 0 saturated carbocycles. The molecule has 0 aromatic heterocycles. The van der Waals surface area contributed by atoms with Crippen LogP contribution in [0.2, 0.25) is 0 Å². The zero-order valence-electron chi connectivity index (χ0n) is 16.8. The lowest BCUT2D eigenvalue weighted by Gasteiger charge is -2.19. The Bertz CT molecular complexity index is 982. The zero-order valence-corrected chi connectivity index (χ0v) is 17.7. The number of ether oxygens (including phenoxy) is 2. The number of likely N-dealkylation sites (tertiary alicyclic amines) is 1. The van der Waals surface area contributed by atoms with Crippen LogP contribution in [-0.4, -0.2) is 45.5 Å². The van der Waals surface area contributed by atoms with Gasteiger partial charge in [0, 0.05) is 13.1 Å². The molecule has 0 radical (unpaired) electrons. The van der Waals surface area contributed by atoms with Crippen LogP contribution >= 0.6 is 0 Å². The van der Waals surface area contributed by atoms with Gasteiger partial charge >= 0.3 is 0 Å². The molecule has 1 amide bonds. The average molecular weight is 419 g/mol. The molecule has 0 spiro atoms. The van der Waals surface area contributed by atoms with E-state index in [1.807, 2.05) is 13.8 Å². The average Bonchev–Trinajstić information content (AvgIpc) is 3.22. The van der Waals surface area contributed by atoms with Crippen molar-refractivity contribution in [3.8, 4) is 11.5 Å². The van der Waals surface area contributed by atoms with Gasteiger partial charge in [-0.05, 0) is 57.0 Å². The topological polar surface area (TPSA) is 84.9 Å². The first-order valence-electron chi connectivity index (χ1n) is 9.57. The number of nitrogens with zero attached hydrogens (tertiary/aromatic N) is 1. The fourth-order valence-corrected chi connectivity index (χ4v) is 4.32. The molecule has 2 aromatic rings. The molecule has 1 N–H and O–H groups in total. The van der Waals surface area contributed by atoms with Crippen LogP contribution in [0.25, 0.3) is 0 Å². The number of nitrogens with one attached hydrogen (secondary N) is 1. The van der Waals surface area contributed by atoms with Gasteiger partial charge in [0.1, 0.15) is 11.5 Å². The summed E-state index contributed by atoms with van der Waals surface area (Å²) in [7, 11) is -2.47. The molecule has 2 aromatic carbocycles. The number of amides is 1. The Hall–Kier alpha value is -2.74. The predicted molar refractivity (Wildman–Crippen MR) is 111 cm³/mol. The molecule has 1 aliphatic heterocycles. The molecule has 0 bridgehead atoms. The van der Waals surface area contributed by atoms with E-state index in [1.165, 1.54) is 25.3 Å². The summed E-state index contributed by atoms with van der Waals surface area (Å²) in [5.74, 6) is 0.567. The van der Waals surface area contributed by atoms with Gasteiger partial charge in [0.15, 0.2) is 0 Å². The second-order valence-electron chi connectivity index (χ2n) is 7.13. The van der Waals surface area contributed by atoms with Crippen LogP contribution in [0.3, 0.4) is 0 Å². The first-order chi connectivity index (χ1) is 13.8. The summed E-state index contributed by atoms with van der Waals surface area (Å²) in [6, 6.07) is 11.1. The number of rotatable bonds is 7. The molecule has 1 saturated heterocycles. The molecule has 1 fully saturated rings. The van der Waals surface area contributed by atoms with E-state index >= 15 is 0 Å². The number of hydrogen-bond acceptors (Lipinski definition) is 5. The lowest BCUT2D eigenvalue weighted by atomic mass is 10.1. The number of sulfonamides is 1. The Balaban J connectivity index is 1.93. The summed E-state index contributed by atoms with van der Waals surface area (Å²) in [5.41, 5.74) is 0.577. The molecule has 3 rings (SSSR count). The number of carbonyl (C=O) groups is 1. The number of hydrogen-bond donors (Lipinski definition) is 1. The van der Waals surface area contributed by atoms with Gasteiger partial charge in [0.2, 0.25) is 0 Å². The van der Waals surface area contributed by atoms with Crippen molar-refractivity contribution in [3.63, 3.8) is 0 Å². The van der Waals surface area contributed by atoms with E-state index in [4.69, 9.17) is 9.47 Å². The molecule has 0 atom stereocenters. The maximum atomic E-state index is 13.0. The van der Waals surface area contributed by atoms with Gasteiger partial charge in [-0.15, -0.1) is 0 Å². The molecule has 8 heteroatoms. The van der Waals surface area contributed by atoms with Crippen molar-refractivity contribution in [2.24, 2.45) is 0 Å². The highest BCUT2D eigenvalue weighted by Gasteiger charge is 2.25. The Labute approximate surface area is 171 Å². The lowest BCUT2D eigenvalue weighted by Crippen LogP contribution is -2.28.